The van der Waals surface area contributed by atoms with Crippen LogP contribution in [0.15, 0.2) is 16.6 Å². The van der Waals surface area contributed by atoms with Gasteiger partial charge in [0.2, 0.25) is 0 Å². The maximum Gasteiger partial charge on any atom is 0.172 e. The lowest BCUT2D eigenvalue weighted by atomic mass is 9.82. The van der Waals surface area contributed by atoms with Crippen LogP contribution in [0.2, 0.25) is 0 Å². The van der Waals surface area contributed by atoms with Gasteiger partial charge < -0.3 is 14.9 Å². The van der Waals surface area contributed by atoms with E-state index in [-0.39, 0.29) is 17.8 Å². The number of rotatable bonds is 4. The second-order valence-corrected chi connectivity index (χ2v) is 6.77. The quantitative estimate of drug-likeness (QED) is 0.882. The molecule has 1 aromatic rings. The highest BCUT2D eigenvalue weighted by Crippen LogP contribution is 2.36. The number of aromatic hydroxyl groups is 1. The minimum Gasteiger partial charge on any atom is -0.503 e. The molecule has 1 fully saturated rings. The Hall–Kier alpha value is -0.780. The zero-order valence-corrected chi connectivity index (χ0v) is 13.6. The van der Waals surface area contributed by atoms with E-state index in [2.05, 4.69) is 27.8 Å². The molecule has 1 heterocycles. The molecule has 4 nitrogen and oxygen atoms in total. The molecule has 0 aromatic heterocycles. The van der Waals surface area contributed by atoms with Crippen molar-refractivity contribution in [3.05, 3.63) is 22.2 Å². The van der Waals surface area contributed by atoms with Crippen molar-refractivity contribution in [3.8, 4) is 11.5 Å². The molecule has 2 N–H and O–H groups in total. The monoisotopic (exact) mass is 343 g/mol. The number of aliphatic hydroxyl groups is 1. The summed E-state index contributed by atoms with van der Waals surface area (Å²) in [4.78, 5) is 2.35. The van der Waals surface area contributed by atoms with Gasteiger partial charge in [-0.2, -0.15) is 0 Å². The second kappa shape index (κ2) is 6.33. The van der Waals surface area contributed by atoms with E-state index in [0.29, 0.717) is 10.2 Å². The zero-order chi connectivity index (χ0) is 14.8. The Labute approximate surface area is 128 Å². The first-order valence-electron chi connectivity index (χ1n) is 6.86. The van der Waals surface area contributed by atoms with Crippen molar-refractivity contribution >= 4 is 15.9 Å². The summed E-state index contributed by atoms with van der Waals surface area (Å²) in [5, 5.41) is 19.3. The topological polar surface area (TPSA) is 52.9 Å². The molecule has 1 atom stereocenters. The molecule has 20 heavy (non-hydrogen) atoms. The van der Waals surface area contributed by atoms with E-state index in [0.717, 1.165) is 38.0 Å². The summed E-state index contributed by atoms with van der Waals surface area (Å²) in [6.45, 7) is 5.09. The van der Waals surface area contributed by atoms with Crippen LogP contribution in [0.3, 0.4) is 0 Å². The van der Waals surface area contributed by atoms with Gasteiger partial charge in [-0.05, 0) is 53.0 Å². The molecule has 5 heteroatoms. The van der Waals surface area contributed by atoms with E-state index >= 15 is 0 Å². The molecular formula is C15H22BrNO3. The molecule has 0 radical (unpaired) electrons. The Kier molecular flexibility index (Phi) is 4.94. The molecule has 0 bridgehead atoms. The number of nitrogens with zero attached hydrogens (tertiary/aromatic N) is 1. The number of ether oxygens (including phenoxy) is 1. The van der Waals surface area contributed by atoms with E-state index in [1.165, 1.54) is 0 Å². The highest BCUT2D eigenvalue weighted by atomic mass is 79.9. The van der Waals surface area contributed by atoms with Crippen LogP contribution in [0.4, 0.5) is 0 Å². The maximum atomic E-state index is 9.83. The Morgan fingerprint density at radius 1 is 1.45 bits per heavy atom. The van der Waals surface area contributed by atoms with Gasteiger partial charge >= 0.3 is 0 Å². The Morgan fingerprint density at radius 2 is 2.20 bits per heavy atom. The molecule has 0 spiro atoms. The van der Waals surface area contributed by atoms with Crippen LogP contribution in [-0.4, -0.2) is 41.9 Å². The Morgan fingerprint density at radius 3 is 2.85 bits per heavy atom. The molecule has 1 aliphatic heterocycles. The molecule has 1 aliphatic rings. The normalized spacial score (nSPS) is 23.8. The van der Waals surface area contributed by atoms with Crippen molar-refractivity contribution in [2.75, 3.05) is 26.8 Å². The van der Waals surface area contributed by atoms with E-state index in [9.17, 15) is 10.2 Å². The molecule has 0 amide bonds. The lowest BCUT2D eigenvalue weighted by molar-refractivity contribution is 0.0429. The molecule has 1 aromatic carbocycles. The van der Waals surface area contributed by atoms with Crippen molar-refractivity contribution in [1.82, 2.24) is 4.90 Å². The predicted molar refractivity (Wildman–Crippen MR) is 82.1 cm³/mol. The van der Waals surface area contributed by atoms with Crippen LogP contribution < -0.4 is 4.74 Å². The van der Waals surface area contributed by atoms with Gasteiger partial charge in [-0.1, -0.05) is 6.92 Å². The summed E-state index contributed by atoms with van der Waals surface area (Å²) >= 11 is 3.35. The average Bonchev–Trinajstić information content (AvgIpc) is 2.43. The number of benzene rings is 1. The highest BCUT2D eigenvalue weighted by molar-refractivity contribution is 9.10. The van der Waals surface area contributed by atoms with E-state index in [4.69, 9.17) is 4.74 Å². The Bertz CT molecular complexity index is 480. The van der Waals surface area contributed by atoms with Gasteiger partial charge in [0.15, 0.2) is 11.5 Å². The molecular weight excluding hydrogens is 322 g/mol. The number of likely N-dealkylation sites (tertiary alicyclic amines) is 1. The van der Waals surface area contributed by atoms with Gasteiger partial charge in [-0.25, -0.2) is 0 Å². The fourth-order valence-electron chi connectivity index (χ4n) is 2.82. The average molecular weight is 344 g/mol. The first-order valence-corrected chi connectivity index (χ1v) is 7.65. The summed E-state index contributed by atoms with van der Waals surface area (Å²) in [6.07, 6.45) is 2.18. The van der Waals surface area contributed by atoms with Gasteiger partial charge in [0.05, 0.1) is 11.6 Å². The van der Waals surface area contributed by atoms with Gasteiger partial charge in [-0.15, -0.1) is 0 Å². The summed E-state index contributed by atoms with van der Waals surface area (Å²) in [7, 11) is 1.55. The number of hydrogen-bond acceptors (Lipinski definition) is 4. The third-order valence-electron chi connectivity index (χ3n) is 3.96. The number of phenolic OH excluding ortho intramolecular Hbond substituents is 1. The van der Waals surface area contributed by atoms with Crippen molar-refractivity contribution < 1.29 is 14.9 Å². The molecule has 2 rings (SSSR count). The SMILES string of the molecule is COc1cc(CN2CCCC(C)(CO)C2)cc(Br)c1O. The number of halogens is 1. The summed E-state index contributed by atoms with van der Waals surface area (Å²) < 4.78 is 5.83. The largest absolute Gasteiger partial charge is 0.503 e. The van der Waals surface area contributed by atoms with Crippen LogP contribution in [0, 0.1) is 5.41 Å². The second-order valence-electron chi connectivity index (χ2n) is 5.91. The minimum absolute atomic E-state index is 0.00348. The Balaban J connectivity index is 2.12. The lowest BCUT2D eigenvalue weighted by Gasteiger charge is -2.39. The van der Waals surface area contributed by atoms with Crippen LogP contribution in [-0.2, 0) is 6.54 Å². The van der Waals surface area contributed by atoms with Crippen molar-refractivity contribution in [2.24, 2.45) is 5.41 Å². The summed E-state index contributed by atoms with van der Waals surface area (Å²) in [5.74, 6) is 0.617. The van der Waals surface area contributed by atoms with Crippen LogP contribution in [0.1, 0.15) is 25.3 Å². The van der Waals surface area contributed by atoms with Gasteiger partial charge in [0.1, 0.15) is 0 Å². The summed E-state index contributed by atoms with van der Waals surface area (Å²) in [5.41, 5.74) is 1.09. The number of methoxy groups -OCH3 is 1. The van der Waals surface area contributed by atoms with Gasteiger partial charge in [0.25, 0.3) is 0 Å². The number of phenols is 1. The van der Waals surface area contributed by atoms with Gasteiger partial charge in [-0.3, -0.25) is 4.90 Å². The first kappa shape index (κ1) is 15.6. The molecule has 0 aliphatic carbocycles. The third kappa shape index (κ3) is 3.45. The molecule has 112 valence electrons. The van der Waals surface area contributed by atoms with Crippen LogP contribution in [0.5, 0.6) is 11.5 Å². The van der Waals surface area contributed by atoms with Crippen LogP contribution >= 0.6 is 15.9 Å². The number of aliphatic hydroxyl groups excluding tert-OH is 1. The first-order chi connectivity index (χ1) is 9.47. The minimum atomic E-state index is -0.00348. The predicted octanol–water partition coefficient (Wildman–Crippen LogP) is 2.76. The zero-order valence-electron chi connectivity index (χ0n) is 12.0. The number of hydrogen-bond donors (Lipinski definition) is 2. The van der Waals surface area contributed by atoms with Crippen molar-refractivity contribution in [2.45, 2.75) is 26.3 Å². The fourth-order valence-corrected chi connectivity index (χ4v) is 3.31. The van der Waals surface area contributed by atoms with E-state index < -0.39 is 0 Å². The van der Waals surface area contributed by atoms with Crippen LogP contribution in [0.25, 0.3) is 0 Å². The molecule has 0 saturated carbocycles. The standard InChI is InChI=1S/C15H22BrNO3/c1-15(10-18)4-3-5-17(9-15)8-11-6-12(16)14(19)13(7-11)20-2/h6-7,18-19H,3-5,8-10H2,1-2H3. The number of piperidine rings is 1. The summed E-state index contributed by atoms with van der Waals surface area (Å²) in [6, 6.07) is 3.79. The van der Waals surface area contributed by atoms with E-state index in [1.54, 1.807) is 7.11 Å². The molecule has 1 unspecified atom stereocenters. The maximum absolute atomic E-state index is 9.83. The van der Waals surface area contributed by atoms with E-state index in [1.807, 2.05) is 12.1 Å². The molecule has 1 saturated heterocycles. The van der Waals surface area contributed by atoms with Crippen molar-refractivity contribution in [1.29, 1.82) is 0 Å². The van der Waals surface area contributed by atoms with Crippen molar-refractivity contribution in [3.63, 3.8) is 0 Å². The lowest BCUT2D eigenvalue weighted by Crippen LogP contribution is -2.43. The third-order valence-corrected chi connectivity index (χ3v) is 4.56. The highest BCUT2D eigenvalue weighted by Gasteiger charge is 2.30. The van der Waals surface area contributed by atoms with Gasteiger partial charge in [0, 0.05) is 25.1 Å². The fraction of sp³-hybridized carbons (Fsp3) is 0.600. The smallest absolute Gasteiger partial charge is 0.172 e.